The zero-order valence-corrected chi connectivity index (χ0v) is 10.5. The second-order valence-corrected chi connectivity index (χ2v) is 4.58. The van der Waals surface area contributed by atoms with Gasteiger partial charge in [0, 0.05) is 13.0 Å². The summed E-state index contributed by atoms with van der Waals surface area (Å²) in [5.41, 5.74) is -0.0649. The Morgan fingerprint density at radius 3 is 2.40 bits per heavy atom. The maximum atomic E-state index is 12.4. The predicted octanol–water partition coefficient (Wildman–Crippen LogP) is 1.60. The highest BCUT2D eigenvalue weighted by Gasteiger charge is 2.30. The van der Waals surface area contributed by atoms with Crippen molar-refractivity contribution in [3.63, 3.8) is 0 Å². The van der Waals surface area contributed by atoms with Crippen molar-refractivity contribution in [2.45, 2.75) is 31.6 Å². The summed E-state index contributed by atoms with van der Waals surface area (Å²) in [5.74, 6) is -0.698. The second kappa shape index (κ2) is 5.62. The summed E-state index contributed by atoms with van der Waals surface area (Å²) in [5, 5.41) is 5.13. The van der Waals surface area contributed by atoms with Crippen molar-refractivity contribution in [2.24, 2.45) is 0 Å². The van der Waals surface area contributed by atoms with Gasteiger partial charge in [0.2, 0.25) is 11.8 Å². The van der Waals surface area contributed by atoms with Crippen molar-refractivity contribution in [1.29, 1.82) is 0 Å². The van der Waals surface area contributed by atoms with Crippen molar-refractivity contribution < 1.29 is 22.8 Å². The number of rotatable bonds is 3. The van der Waals surface area contributed by atoms with E-state index in [1.807, 2.05) is 0 Å². The third kappa shape index (κ3) is 3.57. The van der Waals surface area contributed by atoms with E-state index in [2.05, 4.69) is 10.6 Å². The molecule has 0 saturated carbocycles. The molecule has 1 aromatic rings. The lowest BCUT2D eigenvalue weighted by Gasteiger charge is -2.21. The molecular weight excluding hydrogens is 273 g/mol. The van der Waals surface area contributed by atoms with E-state index in [0.717, 1.165) is 12.1 Å². The molecule has 2 amide bonds. The van der Waals surface area contributed by atoms with Crippen LogP contribution in [-0.2, 0) is 22.3 Å². The second-order valence-electron chi connectivity index (χ2n) is 4.58. The zero-order chi connectivity index (χ0) is 14.8. The Bertz CT molecular complexity index is 511. The summed E-state index contributed by atoms with van der Waals surface area (Å²) in [4.78, 5) is 22.4. The lowest BCUT2D eigenvalue weighted by molar-refractivity contribution is -0.137. The number of benzene rings is 1. The minimum Gasteiger partial charge on any atom is -0.302 e. The first-order valence-corrected chi connectivity index (χ1v) is 6.09. The van der Waals surface area contributed by atoms with Gasteiger partial charge in [-0.2, -0.15) is 13.2 Å². The fraction of sp³-hybridized carbons (Fsp3) is 0.385. The lowest BCUT2D eigenvalue weighted by Crippen LogP contribution is -2.50. The van der Waals surface area contributed by atoms with Crippen LogP contribution in [0.25, 0.3) is 0 Å². The van der Waals surface area contributed by atoms with Gasteiger partial charge in [-0.25, -0.2) is 0 Å². The van der Waals surface area contributed by atoms with Crippen LogP contribution in [0.4, 0.5) is 13.2 Å². The summed E-state index contributed by atoms with van der Waals surface area (Å²) in [7, 11) is 0. The molecule has 0 spiro atoms. The lowest BCUT2D eigenvalue weighted by atomic mass is 10.1. The van der Waals surface area contributed by atoms with Crippen LogP contribution in [0.2, 0.25) is 0 Å². The third-order valence-corrected chi connectivity index (χ3v) is 3.07. The number of hydrogen-bond donors (Lipinski definition) is 2. The first kappa shape index (κ1) is 14.5. The van der Waals surface area contributed by atoms with Gasteiger partial charge in [0.25, 0.3) is 0 Å². The molecule has 2 N–H and O–H groups in total. The molecule has 2 rings (SSSR count). The molecule has 1 aliphatic heterocycles. The third-order valence-electron chi connectivity index (χ3n) is 3.07. The maximum Gasteiger partial charge on any atom is 0.416 e. The standard InChI is InChI=1S/C13H13F3N2O2/c14-13(15,16)9-3-1-8(2-4-9)7-17-10-5-6-11(19)18-12(10)20/h1-4,10,17H,5-7H2,(H,18,19,20). The maximum absolute atomic E-state index is 12.4. The summed E-state index contributed by atoms with van der Waals surface area (Å²) < 4.78 is 37.2. The number of hydrogen-bond acceptors (Lipinski definition) is 3. The molecule has 1 aromatic carbocycles. The average molecular weight is 286 g/mol. The molecule has 4 nitrogen and oxygen atoms in total. The number of piperidine rings is 1. The number of halogens is 3. The number of imide groups is 1. The first-order valence-electron chi connectivity index (χ1n) is 6.09. The molecule has 0 aliphatic carbocycles. The van der Waals surface area contributed by atoms with E-state index in [4.69, 9.17) is 0 Å². The van der Waals surface area contributed by atoms with Crippen molar-refractivity contribution >= 4 is 11.8 Å². The fourth-order valence-corrected chi connectivity index (χ4v) is 1.94. The quantitative estimate of drug-likeness (QED) is 0.830. The fourth-order valence-electron chi connectivity index (χ4n) is 1.94. The average Bonchev–Trinajstić information content (AvgIpc) is 2.37. The molecule has 1 unspecified atom stereocenters. The number of carbonyl (C=O) groups is 2. The normalized spacial score (nSPS) is 19.9. The highest BCUT2D eigenvalue weighted by atomic mass is 19.4. The van der Waals surface area contributed by atoms with E-state index in [9.17, 15) is 22.8 Å². The van der Waals surface area contributed by atoms with Gasteiger partial charge < -0.3 is 5.32 Å². The van der Waals surface area contributed by atoms with Crippen molar-refractivity contribution in [2.75, 3.05) is 0 Å². The number of alkyl halides is 3. The van der Waals surface area contributed by atoms with Crippen LogP contribution in [0, 0.1) is 0 Å². The molecule has 0 radical (unpaired) electrons. The van der Waals surface area contributed by atoms with Crippen molar-refractivity contribution in [3.05, 3.63) is 35.4 Å². The SMILES string of the molecule is O=C1CCC(NCc2ccc(C(F)(F)F)cc2)C(=O)N1. The van der Waals surface area contributed by atoms with Crippen molar-refractivity contribution in [1.82, 2.24) is 10.6 Å². The number of carbonyl (C=O) groups excluding carboxylic acids is 2. The molecule has 1 fully saturated rings. The van der Waals surface area contributed by atoms with E-state index in [0.29, 0.717) is 12.0 Å². The summed E-state index contributed by atoms with van der Waals surface area (Å²) in [6.07, 6.45) is -3.70. The molecule has 7 heteroatoms. The molecule has 1 saturated heterocycles. The topological polar surface area (TPSA) is 58.2 Å². The molecule has 0 aromatic heterocycles. The van der Waals surface area contributed by atoms with Crippen LogP contribution in [0.1, 0.15) is 24.0 Å². The van der Waals surface area contributed by atoms with Crippen molar-refractivity contribution in [3.8, 4) is 0 Å². The highest BCUT2D eigenvalue weighted by molar-refractivity contribution is 6.00. The van der Waals surface area contributed by atoms with Crippen LogP contribution in [-0.4, -0.2) is 17.9 Å². The van der Waals surface area contributed by atoms with Gasteiger partial charge in [0.1, 0.15) is 0 Å². The van der Waals surface area contributed by atoms with E-state index < -0.39 is 23.7 Å². The minimum atomic E-state index is -4.35. The number of nitrogens with one attached hydrogen (secondary N) is 2. The first-order chi connectivity index (χ1) is 9.36. The van der Waals surface area contributed by atoms with Crippen LogP contribution in [0.3, 0.4) is 0 Å². The Hall–Kier alpha value is -1.89. The Morgan fingerprint density at radius 2 is 1.85 bits per heavy atom. The summed E-state index contributed by atoms with van der Waals surface area (Å²) in [6.45, 7) is 0.268. The summed E-state index contributed by atoms with van der Waals surface area (Å²) >= 11 is 0. The van der Waals surface area contributed by atoms with Gasteiger partial charge >= 0.3 is 6.18 Å². The van der Waals surface area contributed by atoms with Gasteiger partial charge in [-0.1, -0.05) is 12.1 Å². The monoisotopic (exact) mass is 286 g/mol. The zero-order valence-electron chi connectivity index (χ0n) is 10.5. The molecule has 0 bridgehead atoms. The van der Waals surface area contributed by atoms with E-state index >= 15 is 0 Å². The van der Waals surface area contributed by atoms with Gasteiger partial charge in [0.05, 0.1) is 11.6 Å². The van der Waals surface area contributed by atoms with Crippen LogP contribution < -0.4 is 10.6 Å². The summed E-state index contributed by atoms with van der Waals surface area (Å²) in [6, 6.07) is 4.24. The van der Waals surface area contributed by atoms with E-state index in [1.54, 1.807) is 0 Å². The van der Waals surface area contributed by atoms with Crippen LogP contribution in [0.5, 0.6) is 0 Å². The smallest absolute Gasteiger partial charge is 0.302 e. The molecule has 108 valence electrons. The Labute approximate surface area is 113 Å². The van der Waals surface area contributed by atoms with Crippen LogP contribution in [0.15, 0.2) is 24.3 Å². The Morgan fingerprint density at radius 1 is 1.20 bits per heavy atom. The molecule has 1 atom stereocenters. The minimum absolute atomic E-state index is 0.260. The van der Waals surface area contributed by atoms with Gasteiger partial charge in [-0.15, -0.1) is 0 Å². The largest absolute Gasteiger partial charge is 0.416 e. The Balaban J connectivity index is 1.91. The van der Waals surface area contributed by atoms with Gasteiger partial charge in [0.15, 0.2) is 0 Å². The van der Waals surface area contributed by atoms with E-state index in [1.165, 1.54) is 12.1 Å². The molecule has 1 aliphatic rings. The van der Waals surface area contributed by atoms with Crippen LogP contribution >= 0.6 is 0 Å². The predicted molar refractivity (Wildman–Crippen MR) is 64.5 cm³/mol. The number of amides is 2. The molecule has 1 heterocycles. The van der Waals surface area contributed by atoms with E-state index in [-0.39, 0.29) is 18.9 Å². The van der Waals surface area contributed by atoms with Gasteiger partial charge in [-0.3, -0.25) is 14.9 Å². The Kier molecular flexibility index (Phi) is 4.08. The molecular formula is C13H13F3N2O2. The van der Waals surface area contributed by atoms with Gasteiger partial charge in [-0.05, 0) is 24.1 Å². The highest BCUT2D eigenvalue weighted by Crippen LogP contribution is 2.29. The molecule has 20 heavy (non-hydrogen) atoms.